The molecule has 1 amide bonds. The fraction of sp³-hybridized carbons (Fsp3) is 0.923. The van der Waals surface area contributed by atoms with Gasteiger partial charge in [0.1, 0.15) is 0 Å². The van der Waals surface area contributed by atoms with Crippen molar-refractivity contribution in [2.24, 2.45) is 5.92 Å². The van der Waals surface area contributed by atoms with Gasteiger partial charge in [-0.15, -0.1) is 0 Å². The Kier molecular flexibility index (Phi) is 5.81. The molecule has 0 radical (unpaired) electrons. The topological polar surface area (TPSA) is 32.3 Å². The highest BCUT2D eigenvalue weighted by atomic mass is 16.2. The van der Waals surface area contributed by atoms with Gasteiger partial charge in [-0.1, -0.05) is 20.8 Å². The number of hydrogen-bond acceptors (Lipinski definition) is 2. The van der Waals surface area contributed by atoms with Crippen LogP contribution in [0.3, 0.4) is 0 Å². The van der Waals surface area contributed by atoms with E-state index < -0.39 is 0 Å². The van der Waals surface area contributed by atoms with Crippen LogP contribution in [0.1, 0.15) is 46.5 Å². The SMILES string of the molecule is CCCN(CC1CC1)C(=O)CCNC(C)C. The fourth-order valence-corrected chi connectivity index (χ4v) is 1.83. The van der Waals surface area contributed by atoms with E-state index in [1.807, 2.05) is 0 Å². The summed E-state index contributed by atoms with van der Waals surface area (Å²) in [5, 5.41) is 3.29. The second-order valence-electron chi connectivity index (χ2n) is 5.14. The van der Waals surface area contributed by atoms with E-state index in [0.29, 0.717) is 18.4 Å². The number of carbonyl (C=O) groups excluding carboxylic acids is 1. The Labute approximate surface area is 99.6 Å². The van der Waals surface area contributed by atoms with E-state index in [1.54, 1.807) is 0 Å². The maximum absolute atomic E-state index is 12.0. The molecule has 0 aromatic heterocycles. The van der Waals surface area contributed by atoms with E-state index in [9.17, 15) is 4.79 Å². The first-order valence-corrected chi connectivity index (χ1v) is 6.64. The second-order valence-corrected chi connectivity index (χ2v) is 5.14. The normalized spacial score (nSPS) is 15.5. The standard InChI is InChI=1S/C13H26N2O/c1-4-9-15(10-12-5-6-12)13(16)7-8-14-11(2)3/h11-12,14H,4-10H2,1-3H3. The highest BCUT2D eigenvalue weighted by Gasteiger charge is 2.25. The minimum Gasteiger partial charge on any atom is -0.342 e. The van der Waals surface area contributed by atoms with Crippen molar-refractivity contribution in [3.8, 4) is 0 Å². The van der Waals surface area contributed by atoms with Crippen molar-refractivity contribution in [1.29, 1.82) is 0 Å². The number of carbonyl (C=O) groups is 1. The molecular weight excluding hydrogens is 200 g/mol. The second kappa shape index (κ2) is 6.89. The monoisotopic (exact) mass is 226 g/mol. The van der Waals surface area contributed by atoms with E-state index >= 15 is 0 Å². The average Bonchev–Trinajstić information content (AvgIpc) is 3.00. The first kappa shape index (κ1) is 13.5. The van der Waals surface area contributed by atoms with Gasteiger partial charge in [0.05, 0.1) is 0 Å². The molecule has 0 aromatic rings. The lowest BCUT2D eigenvalue weighted by atomic mass is 10.2. The van der Waals surface area contributed by atoms with Crippen molar-refractivity contribution in [2.45, 2.75) is 52.5 Å². The molecule has 94 valence electrons. The lowest BCUT2D eigenvalue weighted by Crippen LogP contribution is -2.36. The third-order valence-electron chi connectivity index (χ3n) is 2.91. The molecular formula is C13H26N2O. The first-order valence-electron chi connectivity index (χ1n) is 6.64. The van der Waals surface area contributed by atoms with Crippen LogP contribution in [-0.4, -0.2) is 36.5 Å². The molecule has 0 aromatic carbocycles. The third-order valence-corrected chi connectivity index (χ3v) is 2.91. The molecule has 0 bridgehead atoms. The first-order chi connectivity index (χ1) is 7.63. The predicted molar refractivity (Wildman–Crippen MR) is 67.4 cm³/mol. The highest BCUT2D eigenvalue weighted by Crippen LogP contribution is 2.29. The van der Waals surface area contributed by atoms with Crippen LogP contribution >= 0.6 is 0 Å². The molecule has 1 rings (SSSR count). The number of rotatable bonds is 8. The molecule has 16 heavy (non-hydrogen) atoms. The van der Waals surface area contributed by atoms with Gasteiger partial charge < -0.3 is 10.2 Å². The van der Waals surface area contributed by atoms with Crippen LogP contribution in [0.15, 0.2) is 0 Å². The van der Waals surface area contributed by atoms with E-state index in [0.717, 1.165) is 32.0 Å². The van der Waals surface area contributed by atoms with Crippen molar-refractivity contribution in [3.63, 3.8) is 0 Å². The lowest BCUT2D eigenvalue weighted by molar-refractivity contribution is -0.131. The van der Waals surface area contributed by atoms with Gasteiger partial charge in [0, 0.05) is 32.1 Å². The van der Waals surface area contributed by atoms with Crippen LogP contribution < -0.4 is 5.32 Å². The summed E-state index contributed by atoms with van der Waals surface area (Å²) in [6.07, 6.45) is 4.34. The Balaban J connectivity index is 2.22. The highest BCUT2D eigenvalue weighted by molar-refractivity contribution is 5.76. The van der Waals surface area contributed by atoms with Gasteiger partial charge in [0.15, 0.2) is 0 Å². The van der Waals surface area contributed by atoms with Crippen molar-refractivity contribution in [1.82, 2.24) is 10.2 Å². The molecule has 0 unspecified atom stereocenters. The van der Waals surface area contributed by atoms with Crippen LogP contribution in [0, 0.1) is 5.92 Å². The van der Waals surface area contributed by atoms with E-state index in [-0.39, 0.29) is 0 Å². The maximum Gasteiger partial charge on any atom is 0.223 e. The summed E-state index contributed by atoms with van der Waals surface area (Å²) in [6.45, 7) is 9.09. The van der Waals surface area contributed by atoms with Crippen molar-refractivity contribution in [2.75, 3.05) is 19.6 Å². The lowest BCUT2D eigenvalue weighted by Gasteiger charge is -2.22. The van der Waals surface area contributed by atoms with Crippen molar-refractivity contribution >= 4 is 5.91 Å². The molecule has 0 spiro atoms. The quantitative estimate of drug-likeness (QED) is 0.687. The van der Waals surface area contributed by atoms with Crippen molar-refractivity contribution in [3.05, 3.63) is 0 Å². The molecule has 0 aliphatic heterocycles. The molecule has 1 aliphatic rings. The molecule has 0 heterocycles. The zero-order valence-electron chi connectivity index (χ0n) is 11.0. The molecule has 1 saturated carbocycles. The Morgan fingerprint density at radius 1 is 1.44 bits per heavy atom. The minimum absolute atomic E-state index is 0.321. The van der Waals surface area contributed by atoms with E-state index in [1.165, 1.54) is 12.8 Å². The third kappa shape index (κ3) is 5.50. The van der Waals surface area contributed by atoms with Gasteiger partial charge in [-0.3, -0.25) is 4.79 Å². The minimum atomic E-state index is 0.321. The van der Waals surface area contributed by atoms with Gasteiger partial charge in [-0.25, -0.2) is 0 Å². The maximum atomic E-state index is 12.0. The summed E-state index contributed by atoms with van der Waals surface area (Å²) in [6, 6.07) is 0.468. The molecule has 3 heteroatoms. The zero-order chi connectivity index (χ0) is 12.0. The van der Waals surface area contributed by atoms with E-state index in [4.69, 9.17) is 0 Å². The van der Waals surface area contributed by atoms with Gasteiger partial charge in [-0.05, 0) is 25.2 Å². The Hall–Kier alpha value is -0.570. The summed E-state index contributed by atoms with van der Waals surface area (Å²) in [7, 11) is 0. The van der Waals surface area contributed by atoms with Crippen LogP contribution in [0.25, 0.3) is 0 Å². The molecule has 3 nitrogen and oxygen atoms in total. The molecule has 1 aliphatic carbocycles. The molecule has 1 N–H and O–H groups in total. The largest absolute Gasteiger partial charge is 0.342 e. The van der Waals surface area contributed by atoms with Crippen LogP contribution in [0.4, 0.5) is 0 Å². The van der Waals surface area contributed by atoms with Gasteiger partial charge in [0.2, 0.25) is 5.91 Å². The van der Waals surface area contributed by atoms with Gasteiger partial charge in [0.25, 0.3) is 0 Å². The fourth-order valence-electron chi connectivity index (χ4n) is 1.83. The Morgan fingerprint density at radius 3 is 2.62 bits per heavy atom. The summed E-state index contributed by atoms with van der Waals surface area (Å²) in [5.74, 6) is 1.12. The predicted octanol–water partition coefficient (Wildman–Crippen LogP) is 2.02. The summed E-state index contributed by atoms with van der Waals surface area (Å²) in [4.78, 5) is 14.0. The zero-order valence-corrected chi connectivity index (χ0v) is 11.0. The van der Waals surface area contributed by atoms with Crippen molar-refractivity contribution < 1.29 is 4.79 Å². The molecule has 1 fully saturated rings. The van der Waals surface area contributed by atoms with Gasteiger partial charge in [-0.2, -0.15) is 0 Å². The Morgan fingerprint density at radius 2 is 2.12 bits per heavy atom. The van der Waals surface area contributed by atoms with E-state index in [2.05, 4.69) is 31.0 Å². The summed E-state index contributed by atoms with van der Waals surface area (Å²) >= 11 is 0. The average molecular weight is 226 g/mol. The molecule has 0 saturated heterocycles. The summed E-state index contributed by atoms with van der Waals surface area (Å²) < 4.78 is 0. The number of amides is 1. The summed E-state index contributed by atoms with van der Waals surface area (Å²) in [5.41, 5.74) is 0. The molecule has 0 atom stereocenters. The van der Waals surface area contributed by atoms with Gasteiger partial charge >= 0.3 is 0 Å². The number of nitrogens with one attached hydrogen (secondary N) is 1. The Bertz CT molecular complexity index is 212. The number of hydrogen-bond donors (Lipinski definition) is 1. The van der Waals surface area contributed by atoms with Crippen LogP contribution in [0.2, 0.25) is 0 Å². The number of nitrogens with zero attached hydrogens (tertiary/aromatic N) is 1. The smallest absolute Gasteiger partial charge is 0.223 e. The van der Waals surface area contributed by atoms with Crippen LogP contribution in [0.5, 0.6) is 0 Å². The van der Waals surface area contributed by atoms with Crippen LogP contribution in [-0.2, 0) is 4.79 Å².